The number of hydrogen-bond acceptors (Lipinski definition) is 2. The van der Waals surface area contributed by atoms with Crippen LogP contribution in [0.3, 0.4) is 0 Å². The van der Waals surface area contributed by atoms with Crippen LogP contribution in [0.4, 0.5) is 0 Å². The summed E-state index contributed by atoms with van der Waals surface area (Å²) >= 11 is 0. The van der Waals surface area contributed by atoms with Gasteiger partial charge >= 0.3 is 0 Å². The molecule has 3 heteroatoms. The molecule has 16 heavy (non-hydrogen) atoms. The summed E-state index contributed by atoms with van der Waals surface area (Å²) in [5, 5.41) is 3.04. The maximum atomic E-state index is 11.7. The first-order chi connectivity index (χ1) is 7.61. The number of hydrogen-bond donors (Lipinski definition) is 2. The van der Waals surface area contributed by atoms with Crippen molar-refractivity contribution in [2.24, 2.45) is 5.73 Å². The first kappa shape index (κ1) is 11.1. The number of nitrogens with one attached hydrogen (secondary N) is 1. The zero-order valence-corrected chi connectivity index (χ0v) is 9.62. The molecule has 1 aromatic carbocycles. The lowest BCUT2D eigenvalue weighted by atomic mass is 10.1. The summed E-state index contributed by atoms with van der Waals surface area (Å²) < 4.78 is 0. The van der Waals surface area contributed by atoms with Crippen molar-refractivity contribution in [1.82, 2.24) is 5.32 Å². The number of rotatable bonds is 4. The molecule has 1 amide bonds. The molecular formula is C13H18N2O. The third-order valence-electron chi connectivity index (χ3n) is 3.06. The Bertz CT molecular complexity index is 379. The fraction of sp³-hybridized carbons (Fsp3) is 0.462. The third kappa shape index (κ3) is 2.83. The van der Waals surface area contributed by atoms with E-state index in [2.05, 4.69) is 12.2 Å². The van der Waals surface area contributed by atoms with E-state index in [-0.39, 0.29) is 11.4 Å². The molecule has 0 radical (unpaired) electrons. The molecule has 3 nitrogen and oxygen atoms in total. The van der Waals surface area contributed by atoms with Gasteiger partial charge < -0.3 is 11.1 Å². The van der Waals surface area contributed by atoms with Crippen LogP contribution in [0.5, 0.6) is 0 Å². The Labute approximate surface area is 96.0 Å². The molecule has 1 aromatic rings. The van der Waals surface area contributed by atoms with Crippen LogP contribution >= 0.6 is 0 Å². The molecule has 1 saturated carbocycles. The Kier molecular flexibility index (Phi) is 2.97. The van der Waals surface area contributed by atoms with E-state index in [0.29, 0.717) is 13.0 Å². The first-order valence-electron chi connectivity index (χ1n) is 5.70. The molecule has 0 spiro atoms. The second kappa shape index (κ2) is 4.26. The van der Waals surface area contributed by atoms with Crippen molar-refractivity contribution in [3.8, 4) is 0 Å². The molecule has 0 atom stereocenters. The molecule has 1 aliphatic rings. The summed E-state index contributed by atoms with van der Waals surface area (Å²) in [7, 11) is 0. The van der Waals surface area contributed by atoms with Crippen LogP contribution in [0.2, 0.25) is 0 Å². The topological polar surface area (TPSA) is 55.1 Å². The van der Waals surface area contributed by atoms with Crippen molar-refractivity contribution >= 4 is 5.91 Å². The van der Waals surface area contributed by atoms with E-state index >= 15 is 0 Å². The number of benzene rings is 1. The molecule has 0 saturated heterocycles. The molecular weight excluding hydrogens is 200 g/mol. The summed E-state index contributed by atoms with van der Waals surface area (Å²) in [5.41, 5.74) is 7.73. The monoisotopic (exact) mass is 218 g/mol. The van der Waals surface area contributed by atoms with Gasteiger partial charge in [0.2, 0.25) is 5.91 Å². The van der Waals surface area contributed by atoms with Crippen LogP contribution < -0.4 is 11.1 Å². The Hall–Kier alpha value is -1.35. The Morgan fingerprint density at radius 1 is 1.31 bits per heavy atom. The van der Waals surface area contributed by atoms with Gasteiger partial charge in [0, 0.05) is 12.1 Å². The molecule has 86 valence electrons. The van der Waals surface area contributed by atoms with Gasteiger partial charge in [-0.2, -0.15) is 0 Å². The average molecular weight is 218 g/mol. The van der Waals surface area contributed by atoms with Crippen molar-refractivity contribution < 1.29 is 4.79 Å². The van der Waals surface area contributed by atoms with Crippen LogP contribution in [0.25, 0.3) is 0 Å². The summed E-state index contributed by atoms with van der Waals surface area (Å²) in [6.45, 7) is 2.63. The van der Waals surface area contributed by atoms with E-state index in [4.69, 9.17) is 5.73 Å². The molecule has 0 aromatic heterocycles. The second-order valence-electron chi connectivity index (χ2n) is 4.81. The SMILES string of the molecule is CC1(NC(=O)Cc2ccc(CN)cc2)CC1. The maximum Gasteiger partial charge on any atom is 0.224 e. The van der Waals surface area contributed by atoms with Gasteiger partial charge in [-0.25, -0.2) is 0 Å². The molecule has 3 N–H and O–H groups in total. The van der Waals surface area contributed by atoms with E-state index in [1.165, 1.54) is 0 Å². The largest absolute Gasteiger partial charge is 0.351 e. The minimum Gasteiger partial charge on any atom is -0.351 e. The maximum absolute atomic E-state index is 11.7. The quantitative estimate of drug-likeness (QED) is 0.801. The van der Waals surface area contributed by atoms with E-state index in [1.54, 1.807) is 0 Å². The summed E-state index contributed by atoms with van der Waals surface area (Å²) in [5.74, 6) is 0.112. The Balaban J connectivity index is 1.90. The number of nitrogens with two attached hydrogens (primary N) is 1. The van der Waals surface area contributed by atoms with Crippen LogP contribution in [0.1, 0.15) is 30.9 Å². The highest BCUT2D eigenvalue weighted by Crippen LogP contribution is 2.34. The van der Waals surface area contributed by atoms with E-state index in [9.17, 15) is 4.79 Å². The van der Waals surface area contributed by atoms with Gasteiger partial charge in [0.1, 0.15) is 0 Å². The van der Waals surface area contributed by atoms with E-state index in [1.807, 2.05) is 24.3 Å². The number of amides is 1. The molecule has 2 rings (SSSR count). The predicted molar refractivity (Wildman–Crippen MR) is 63.8 cm³/mol. The summed E-state index contributed by atoms with van der Waals surface area (Å²) in [6.07, 6.45) is 2.66. The Morgan fingerprint density at radius 2 is 1.88 bits per heavy atom. The lowest BCUT2D eigenvalue weighted by molar-refractivity contribution is -0.121. The molecule has 0 aliphatic heterocycles. The van der Waals surface area contributed by atoms with Gasteiger partial charge in [-0.15, -0.1) is 0 Å². The van der Waals surface area contributed by atoms with Gasteiger partial charge in [-0.1, -0.05) is 24.3 Å². The van der Waals surface area contributed by atoms with Crippen molar-refractivity contribution in [1.29, 1.82) is 0 Å². The predicted octanol–water partition coefficient (Wildman–Crippen LogP) is 1.36. The van der Waals surface area contributed by atoms with Crippen molar-refractivity contribution in [2.45, 2.75) is 38.3 Å². The van der Waals surface area contributed by atoms with E-state index < -0.39 is 0 Å². The van der Waals surface area contributed by atoms with Crippen molar-refractivity contribution in [3.63, 3.8) is 0 Å². The fourth-order valence-electron chi connectivity index (χ4n) is 1.67. The summed E-state index contributed by atoms with van der Waals surface area (Å²) in [4.78, 5) is 11.7. The zero-order valence-electron chi connectivity index (χ0n) is 9.62. The van der Waals surface area contributed by atoms with E-state index in [0.717, 1.165) is 24.0 Å². The molecule has 1 fully saturated rings. The fourth-order valence-corrected chi connectivity index (χ4v) is 1.67. The van der Waals surface area contributed by atoms with Gasteiger partial charge in [0.05, 0.1) is 6.42 Å². The van der Waals surface area contributed by atoms with Gasteiger partial charge in [-0.3, -0.25) is 4.79 Å². The lowest BCUT2D eigenvalue weighted by Crippen LogP contribution is -2.35. The lowest BCUT2D eigenvalue weighted by Gasteiger charge is -2.11. The van der Waals surface area contributed by atoms with Crippen molar-refractivity contribution in [3.05, 3.63) is 35.4 Å². The summed E-state index contributed by atoms with van der Waals surface area (Å²) in [6, 6.07) is 7.89. The normalized spacial score (nSPS) is 16.9. The van der Waals surface area contributed by atoms with Crippen molar-refractivity contribution in [2.75, 3.05) is 0 Å². The number of carbonyl (C=O) groups excluding carboxylic acids is 1. The molecule has 0 heterocycles. The van der Waals surface area contributed by atoms with Gasteiger partial charge in [0.15, 0.2) is 0 Å². The minimum absolute atomic E-state index is 0.0777. The van der Waals surface area contributed by atoms with Gasteiger partial charge in [0.25, 0.3) is 0 Å². The second-order valence-corrected chi connectivity index (χ2v) is 4.81. The average Bonchev–Trinajstić information content (AvgIpc) is 2.96. The highest BCUT2D eigenvalue weighted by atomic mass is 16.1. The Morgan fingerprint density at radius 3 is 2.38 bits per heavy atom. The van der Waals surface area contributed by atoms with Crippen LogP contribution in [-0.2, 0) is 17.8 Å². The van der Waals surface area contributed by atoms with Crippen LogP contribution in [0.15, 0.2) is 24.3 Å². The zero-order chi connectivity index (χ0) is 11.6. The first-order valence-corrected chi connectivity index (χ1v) is 5.70. The highest BCUT2D eigenvalue weighted by molar-refractivity contribution is 5.79. The molecule has 1 aliphatic carbocycles. The standard InChI is InChI=1S/C13H18N2O/c1-13(6-7-13)15-12(16)8-10-2-4-11(9-14)5-3-10/h2-5H,6-9,14H2,1H3,(H,15,16). The minimum atomic E-state index is 0.0777. The van der Waals surface area contributed by atoms with Crippen LogP contribution in [0, 0.1) is 0 Å². The third-order valence-corrected chi connectivity index (χ3v) is 3.06. The van der Waals surface area contributed by atoms with Gasteiger partial charge in [-0.05, 0) is 30.9 Å². The van der Waals surface area contributed by atoms with Crippen LogP contribution in [-0.4, -0.2) is 11.4 Å². The molecule has 0 bridgehead atoms. The smallest absolute Gasteiger partial charge is 0.224 e. The molecule has 0 unspecified atom stereocenters. The highest BCUT2D eigenvalue weighted by Gasteiger charge is 2.38. The number of carbonyl (C=O) groups is 1.